The number of carbonyl (C=O) groups is 1. The van der Waals surface area contributed by atoms with Crippen LogP contribution in [0.1, 0.15) is 33.3 Å². The summed E-state index contributed by atoms with van der Waals surface area (Å²) in [5.41, 5.74) is 1.83. The highest BCUT2D eigenvalue weighted by Crippen LogP contribution is 2.28. The molecule has 0 aliphatic heterocycles. The Morgan fingerprint density at radius 3 is 2.23 bits per heavy atom. The second kappa shape index (κ2) is 11.3. The molecular weight excluding hydrogens is 464 g/mol. The lowest BCUT2D eigenvalue weighted by molar-refractivity contribution is 0.0531. The van der Waals surface area contributed by atoms with Crippen LogP contribution >= 0.6 is 11.3 Å². The van der Waals surface area contributed by atoms with Gasteiger partial charge in [0.15, 0.2) is 0 Å². The number of fused-ring (bicyclic) bond motifs is 1. The van der Waals surface area contributed by atoms with Gasteiger partial charge in [0.05, 0.1) is 31.8 Å². The van der Waals surface area contributed by atoms with Gasteiger partial charge in [0.2, 0.25) is 0 Å². The van der Waals surface area contributed by atoms with Crippen LogP contribution in [0.25, 0.3) is 10.2 Å². The van der Waals surface area contributed by atoms with E-state index in [9.17, 15) is 14.4 Å². The van der Waals surface area contributed by atoms with Crippen molar-refractivity contribution in [3.05, 3.63) is 103 Å². The monoisotopic (exact) mass is 492 g/mol. The zero-order valence-corrected chi connectivity index (χ0v) is 20.7. The van der Waals surface area contributed by atoms with Crippen LogP contribution in [0.2, 0.25) is 0 Å². The van der Waals surface area contributed by atoms with E-state index in [0.717, 1.165) is 22.5 Å². The number of esters is 1. The summed E-state index contributed by atoms with van der Waals surface area (Å²) in [5, 5.41) is 0.383. The Balaban J connectivity index is 1.69. The van der Waals surface area contributed by atoms with Gasteiger partial charge < -0.3 is 9.47 Å². The molecule has 0 aliphatic carbocycles. The highest BCUT2D eigenvalue weighted by molar-refractivity contribution is 7.20. The quantitative estimate of drug-likeness (QED) is 0.245. The second-order valence-electron chi connectivity index (χ2n) is 8.12. The summed E-state index contributed by atoms with van der Waals surface area (Å²) < 4.78 is 13.7. The molecule has 2 aromatic carbocycles. The van der Waals surface area contributed by atoms with Crippen molar-refractivity contribution >= 4 is 27.5 Å². The lowest BCUT2D eigenvalue weighted by Gasteiger charge is -2.13. The molecule has 2 heterocycles. The molecule has 182 valence electrons. The average Bonchev–Trinajstić information content (AvgIpc) is 3.22. The van der Waals surface area contributed by atoms with E-state index in [1.54, 1.807) is 18.4 Å². The van der Waals surface area contributed by atoms with E-state index < -0.39 is 17.2 Å². The fourth-order valence-corrected chi connectivity index (χ4v) is 5.20. The number of aryl methyl sites for hydroxylation is 3. The highest BCUT2D eigenvalue weighted by atomic mass is 32.1. The summed E-state index contributed by atoms with van der Waals surface area (Å²) in [6, 6.07) is 19.6. The smallest absolute Gasteiger partial charge is 0.348 e. The van der Waals surface area contributed by atoms with Crippen LogP contribution in [0, 0.1) is 6.92 Å². The fraction of sp³-hybridized carbons (Fsp3) is 0.296. The minimum absolute atomic E-state index is 0.121. The summed E-state index contributed by atoms with van der Waals surface area (Å²) in [6.07, 6.45) is 0.615. The van der Waals surface area contributed by atoms with Crippen molar-refractivity contribution in [1.82, 2.24) is 9.13 Å². The number of benzene rings is 2. The van der Waals surface area contributed by atoms with Gasteiger partial charge in [-0.3, -0.25) is 13.9 Å². The van der Waals surface area contributed by atoms with Gasteiger partial charge in [-0.1, -0.05) is 60.7 Å². The SMILES string of the molecule is CCOC(=O)c1sc2c(c1C)c(=O)n(CCOCc1ccccc1)c(=O)n2CCc1ccccc1. The summed E-state index contributed by atoms with van der Waals surface area (Å²) in [4.78, 5) is 40.2. The molecule has 0 saturated heterocycles. The molecule has 4 aromatic rings. The van der Waals surface area contributed by atoms with Crippen LogP contribution in [0.5, 0.6) is 0 Å². The Morgan fingerprint density at radius 1 is 0.914 bits per heavy atom. The van der Waals surface area contributed by atoms with Gasteiger partial charge in [-0.25, -0.2) is 9.59 Å². The Bertz CT molecular complexity index is 1420. The Morgan fingerprint density at radius 2 is 1.57 bits per heavy atom. The lowest BCUT2D eigenvalue weighted by atomic mass is 10.1. The van der Waals surface area contributed by atoms with E-state index in [1.807, 2.05) is 60.7 Å². The van der Waals surface area contributed by atoms with E-state index in [0.29, 0.717) is 40.2 Å². The van der Waals surface area contributed by atoms with Crippen molar-refractivity contribution in [3.63, 3.8) is 0 Å². The molecule has 0 radical (unpaired) electrons. The summed E-state index contributed by atoms with van der Waals surface area (Å²) >= 11 is 1.14. The third-order valence-corrected chi connectivity index (χ3v) is 7.09. The molecule has 4 rings (SSSR count). The molecule has 7 nitrogen and oxygen atoms in total. The van der Waals surface area contributed by atoms with Crippen molar-refractivity contribution in [1.29, 1.82) is 0 Å². The lowest BCUT2D eigenvalue weighted by Crippen LogP contribution is -2.41. The first kappa shape index (κ1) is 24.6. The van der Waals surface area contributed by atoms with Gasteiger partial charge >= 0.3 is 11.7 Å². The second-order valence-corrected chi connectivity index (χ2v) is 9.12. The molecule has 0 amide bonds. The van der Waals surface area contributed by atoms with Crippen molar-refractivity contribution in [3.8, 4) is 0 Å². The predicted octanol–water partition coefficient (Wildman–Crippen LogP) is 4.17. The Kier molecular flexibility index (Phi) is 7.94. The number of rotatable bonds is 10. The standard InChI is InChI=1S/C27H28N2O5S/c1-3-34-26(31)23-19(2)22-24(30)28(16-17-33-18-21-12-8-5-9-13-21)27(32)29(25(22)35-23)15-14-20-10-6-4-7-11-20/h4-13H,3,14-18H2,1-2H3. The Labute approximate surface area is 207 Å². The van der Waals surface area contributed by atoms with Gasteiger partial charge in [0, 0.05) is 6.54 Å². The molecule has 8 heteroatoms. The summed E-state index contributed by atoms with van der Waals surface area (Å²) in [7, 11) is 0. The van der Waals surface area contributed by atoms with E-state index in [-0.39, 0.29) is 19.8 Å². The maximum absolute atomic E-state index is 13.5. The fourth-order valence-electron chi connectivity index (χ4n) is 3.99. The molecule has 0 atom stereocenters. The first-order valence-electron chi connectivity index (χ1n) is 11.6. The van der Waals surface area contributed by atoms with Crippen LogP contribution < -0.4 is 11.2 Å². The number of aromatic nitrogens is 2. The molecule has 0 N–H and O–H groups in total. The van der Waals surface area contributed by atoms with Crippen LogP contribution in [0.15, 0.2) is 70.3 Å². The average molecular weight is 493 g/mol. The normalized spacial score (nSPS) is 11.1. The minimum Gasteiger partial charge on any atom is -0.462 e. The highest BCUT2D eigenvalue weighted by Gasteiger charge is 2.23. The van der Waals surface area contributed by atoms with E-state index >= 15 is 0 Å². The van der Waals surface area contributed by atoms with Gasteiger partial charge in [0.1, 0.15) is 9.71 Å². The van der Waals surface area contributed by atoms with Crippen LogP contribution in [0.3, 0.4) is 0 Å². The number of thiophene rings is 1. The summed E-state index contributed by atoms with van der Waals surface area (Å²) in [5.74, 6) is -0.481. The molecule has 35 heavy (non-hydrogen) atoms. The third-order valence-electron chi connectivity index (χ3n) is 5.79. The van der Waals surface area contributed by atoms with Gasteiger partial charge in [-0.2, -0.15) is 0 Å². The molecule has 0 saturated carbocycles. The van der Waals surface area contributed by atoms with Gasteiger partial charge in [0.25, 0.3) is 5.56 Å². The topological polar surface area (TPSA) is 79.5 Å². The van der Waals surface area contributed by atoms with E-state index in [4.69, 9.17) is 9.47 Å². The molecule has 0 bridgehead atoms. The molecule has 0 aliphatic rings. The van der Waals surface area contributed by atoms with E-state index in [1.165, 1.54) is 4.57 Å². The molecule has 0 unspecified atom stereocenters. The number of carbonyl (C=O) groups excluding carboxylic acids is 1. The van der Waals surface area contributed by atoms with Gasteiger partial charge in [-0.15, -0.1) is 11.3 Å². The van der Waals surface area contributed by atoms with Crippen molar-refractivity contribution in [2.45, 2.75) is 40.0 Å². The van der Waals surface area contributed by atoms with E-state index in [2.05, 4.69) is 0 Å². The molecular formula is C27H28N2O5S. The first-order chi connectivity index (χ1) is 17.0. The minimum atomic E-state index is -0.481. The Hall–Kier alpha value is -3.49. The number of hydrogen-bond donors (Lipinski definition) is 0. The van der Waals surface area contributed by atoms with Crippen LogP contribution in [-0.4, -0.2) is 28.3 Å². The van der Waals surface area contributed by atoms with Crippen LogP contribution in [-0.2, 0) is 35.6 Å². The number of nitrogens with zero attached hydrogens (tertiary/aromatic N) is 2. The first-order valence-corrected chi connectivity index (χ1v) is 12.4. The summed E-state index contributed by atoms with van der Waals surface area (Å²) in [6.45, 7) is 4.80. The molecule has 0 spiro atoms. The van der Waals surface area contributed by atoms with Crippen molar-refractivity contribution in [2.75, 3.05) is 13.2 Å². The van der Waals surface area contributed by atoms with Crippen LogP contribution in [0.4, 0.5) is 0 Å². The third kappa shape index (κ3) is 5.44. The molecule has 2 aromatic heterocycles. The predicted molar refractivity (Wildman–Crippen MR) is 137 cm³/mol. The number of ether oxygens (including phenoxy) is 2. The maximum atomic E-state index is 13.5. The van der Waals surface area contributed by atoms with Crippen molar-refractivity contribution in [2.24, 2.45) is 0 Å². The zero-order valence-electron chi connectivity index (χ0n) is 19.9. The largest absolute Gasteiger partial charge is 0.462 e. The van der Waals surface area contributed by atoms with Gasteiger partial charge in [-0.05, 0) is 37.0 Å². The maximum Gasteiger partial charge on any atom is 0.348 e. The van der Waals surface area contributed by atoms with Crippen molar-refractivity contribution < 1.29 is 14.3 Å². The molecule has 0 fully saturated rings. The zero-order chi connectivity index (χ0) is 24.8. The number of hydrogen-bond acceptors (Lipinski definition) is 6.